The van der Waals surface area contributed by atoms with Crippen molar-refractivity contribution in [1.29, 1.82) is 0 Å². The molecule has 0 radical (unpaired) electrons. The van der Waals surface area contributed by atoms with Gasteiger partial charge in [-0.1, -0.05) is 29.3 Å². The number of carbonyl (C=O) groups excluding carboxylic acids is 1. The molecule has 2 aromatic rings. The molecule has 6 heteroatoms. The Balaban J connectivity index is 2.26. The number of amides is 1. The maximum absolute atomic E-state index is 11.7. The van der Waals surface area contributed by atoms with Crippen molar-refractivity contribution in [3.8, 4) is 5.75 Å². The van der Waals surface area contributed by atoms with Gasteiger partial charge in [0, 0.05) is 5.69 Å². The van der Waals surface area contributed by atoms with Gasteiger partial charge in [-0.2, -0.15) is 0 Å². The number of methoxy groups -OCH3 is 1. The first kappa shape index (κ1) is 15.5. The van der Waals surface area contributed by atoms with Gasteiger partial charge >= 0.3 is 0 Å². The van der Waals surface area contributed by atoms with Crippen LogP contribution in [0.1, 0.15) is 11.6 Å². The average molecular weight is 325 g/mol. The van der Waals surface area contributed by atoms with Crippen LogP contribution in [0.5, 0.6) is 5.75 Å². The predicted octanol–water partition coefficient (Wildman–Crippen LogP) is 3.64. The van der Waals surface area contributed by atoms with Gasteiger partial charge in [0.15, 0.2) is 0 Å². The summed E-state index contributed by atoms with van der Waals surface area (Å²) in [7, 11) is 1.59. The molecular formula is C15H14Cl2N2O2. The normalized spacial score (nSPS) is 11.8. The van der Waals surface area contributed by atoms with Crippen LogP contribution in [0.15, 0.2) is 42.5 Å². The van der Waals surface area contributed by atoms with Crippen LogP contribution in [0.2, 0.25) is 10.0 Å². The maximum Gasteiger partial charge on any atom is 0.244 e. The summed E-state index contributed by atoms with van der Waals surface area (Å²) >= 11 is 11.9. The lowest BCUT2D eigenvalue weighted by molar-refractivity contribution is -0.118. The fourth-order valence-corrected chi connectivity index (χ4v) is 2.17. The van der Waals surface area contributed by atoms with Crippen LogP contribution in [-0.2, 0) is 4.79 Å². The van der Waals surface area contributed by atoms with Crippen molar-refractivity contribution >= 4 is 34.8 Å². The molecular weight excluding hydrogens is 311 g/mol. The lowest BCUT2D eigenvalue weighted by atomic mass is 10.1. The highest BCUT2D eigenvalue weighted by molar-refractivity contribution is 6.42. The van der Waals surface area contributed by atoms with E-state index in [9.17, 15) is 4.79 Å². The van der Waals surface area contributed by atoms with Crippen molar-refractivity contribution in [2.24, 2.45) is 5.73 Å². The first-order chi connectivity index (χ1) is 10.0. The summed E-state index contributed by atoms with van der Waals surface area (Å²) in [4.78, 5) is 11.7. The molecule has 0 saturated heterocycles. The number of primary amides is 1. The number of nitrogens with two attached hydrogens (primary N) is 1. The lowest BCUT2D eigenvalue weighted by Gasteiger charge is -2.18. The number of ether oxygens (including phenoxy) is 1. The smallest absolute Gasteiger partial charge is 0.244 e. The zero-order chi connectivity index (χ0) is 15.4. The van der Waals surface area contributed by atoms with E-state index in [1.165, 1.54) is 0 Å². The molecule has 0 fully saturated rings. The fraction of sp³-hybridized carbons (Fsp3) is 0.133. The molecule has 21 heavy (non-hydrogen) atoms. The molecule has 1 unspecified atom stereocenters. The molecule has 0 heterocycles. The first-order valence-electron chi connectivity index (χ1n) is 6.16. The maximum atomic E-state index is 11.7. The van der Waals surface area contributed by atoms with E-state index in [1.54, 1.807) is 49.6 Å². The average Bonchev–Trinajstić information content (AvgIpc) is 2.48. The Morgan fingerprint density at radius 3 is 2.33 bits per heavy atom. The molecule has 0 saturated carbocycles. The van der Waals surface area contributed by atoms with Crippen molar-refractivity contribution in [2.45, 2.75) is 6.04 Å². The van der Waals surface area contributed by atoms with Gasteiger partial charge in [0.05, 0.1) is 17.2 Å². The molecule has 0 aliphatic rings. The van der Waals surface area contributed by atoms with E-state index in [2.05, 4.69) is 5.32 Å². The monoisotopic (exact) mass is 324 g/mol. The molecule has 4 nitrogen and oxygen atoms in total. The van der Waals surface area contributed by atoms with Crippen LogP contribution in [0, 0.1) is 0 Å². The van der Waals surface area contributed by atoms with Crippen LogP contribution in [0.4, 0.5) is 5.69 Å². The molecule has 110 valence electrons. The van der Waals surface area contributed by atoms with Gasteiger partial charge in [-0.3, -0.25) is 4.79 Å². The number of hydrogen-bond acceptors (Lipinski definition) is 3. The first-order valence-corrected chi connectivity index (χ1v) is 6.91. The van der Waals surface area contributed by atoms with Crippen LogP contribution in [0.3, 0.4) is 0 Å². The molecule has 0 aliphatic heterocycles. The second-order valence-corrected chi connectivity index (χ2v) is 5.20. The Hall–Kier alpha value is -1.91. The van der Waals surface area contributed by atoms with E-state index in [-0.39, 0.29) is 0 Å². The Kier molecular flexibility index (Phi) is 4.94. The largest absolute Gasteiger partial charge is 0.497 e. The summed E-state index contributed by atoms with van der Waals surface area (Å²) in [5.74, 6) is 0.218. The van der Waals surface area contributed by atoms with Crippen LogP contribution in [-0.4, -0.2) is 13.0 Å². The van der Waals surface area contributed by atoms with Gasteiger partial charge in [0.2, 0.25) is 5.91 Å². The highest BCUT2D eigenvalue weighted by atomic mass is 35.5. The fourth-order valence-electron chi connectivity index (χ4n) is 1.86. The molecule has 2 aromatic carbocycles. The number of halogens is 2. The number of hydrogen-bond donors (Lipinski definition) is 2. The van der Waals surface area contributed by atoms with Crippen molar-refractivity contribution in [2.75, 3.05) is 12.4 Å². The van der Waals surface area contributed by atoms with E-state index in [4.69, 9.17) is 33.7 Å². The Morgan fingerprint density at radius 1 is 1.14 bits per heavy atom. The van der Waals surface area contributed by atoms with Gasteiger partial charge in [0.1, 0.15) is 11.8 Å². The number of anilines is 1. The minimum Gasteiger partial charge on any atom is -0.497 e. The highest BCUT2D eigenvalue weighted by Crippen LogP contribution is 2.28. The SMILES string of the molecule is COc1ccc(NC(C(N)=O)c2ccc(Cl)c(Cl)c2)cc1. The summed E-state index contributed by atoms with van der Waals surface area (Å²) in [5, 5.41) is 3.86. The Morgan fingerprint density at radius 2 is 1.81 bits per heavy atom. The molecule has 0 aliphatic carbocycles. The molecule has 0 aromatic heterocycles. The second-order valence-electron chi connectivity index (χ2n) is 4.38. The molecule has 2 rings (SSSR count). The molecule has 1 amide bonds. The van der Waals surface area contributed by atoms with Crippen LogP contribution < -0.4 is 15.8 Å². The molecule has 0 spiro atoms. The summed E-state index contributed by atoms with van der Waals surface area (Å²) in [6, 6.07) is 11.4. The predicted molar refractivity (Wildman–Crippen MR) is 85.0 cm³/mol. The van der Waals surface area contributed by atoms with Gasteiger partial charge in [-0.15, -0.1) is 0 Å². The van der Waals surface area contributed by atoms with E-state index in [0.717, 1.165) is 11.4 Å². The second kappa shape index (κ2) is 6.70. The lowest BCUT2D eigenvalue weighted by Crippen LogP contribution is -2.27. The van der Waals surface area contributed by atoms with Crippen molar-refractivity contribution in [1.82, 2.24) is 0 Å². The number of carbonyl (C=O) groups is 1. The quantitative estimate of drug-likeness (QED) is 0.882. The van der Waals surface area contributed by atoms with Gasteiger partial charge in [0.25, 0.3) is 0 Å². The standard InChI is InChI=1S/C15H14Cl2N2O2/c1-21-11-5-3-10(4-6-11)19-14(15(18)20)9-2-7-12(16)13(17)8-9/h2-8,14,19H,1H3,(H2,18,20). The molecule has 3 N–H and O–H groups in total. The number of nitrogens with one attached hydrogen (secondary N) is 1. The van der Waals surface area contributed by atoms with Crippen LogP contribution in [0.25, 0.3) is 0 Å². The van der Waals surface area contributed by atoms with E-state index in [1.807, 2.05) is 0 Å². The van der Waals surface area contributed by atoms with Crippen molar-refractivity contribution in [3.63, 3.8) is 0 Å². The van der Waals surface area contributed by atoms with E-state index >= 15 is 0 Å². The Labute approximate surface area is 132 Å². The number of benzene rings is 2. The zero-order valence-corrected chi connectivity index (χ0v) is 12.8. The summed E-state index contributed by atoms with van der Waals surface area (Å²) in [5.41, 5.74) is 6.85. The summed E-state index contributed by atoms with van der Waals surface area (Å²) in [6.45, 7) is 0. The zero-order valence-electron chi connectivity index (χ0n) is 11.3. The third kappa shape index (κ3) is 3.80. The highest BCUT2D eigenvalue weighted by Gasteiger charge is 2.18. The third-order valence-corrected chi connectivity index (χ3v) is 3.70. The van der Waals surface area contributed by atoms with E-state index < -0.39 is 11.9 Å². The van der Waals surface area contributed by atoms with Gasteiger partial charge in [-0.05, 0) is 42.0 Å². The van der Waals surface area contributed by atoms with Crippen molar-refractivity contribution < 1.29 is 9.53 Å². The minimum atomic E-state index is -0.701. The topological polar surface area (TPSA) is 64.3 Å². The Bertz CT molecular complexity index is 645. The van der Waals surface area contributed by atoms with E-state index in [0.29, 0.717) is 15.6 Å². The van der Waals surface area contributed by atoms with Crippen LogP contribution >= 0.6 is 23.2 Å². The summed E-state index contributed by atoms with van der Waals surface area (Å²) in [6.07, 6.45) is 0. The van der Waals surface area contributed by atoms with Crippen molar-refractivity contribution in [3.05, 3.63) is 58.1 Å². The minimum absolute atomic E-state index is 0.372. The molecule has 1 atom stereocenters. The van der Waals surface area contributed by atoms with Gasteiger partial charge < -0.3 is 15.8 Å². The number of rotatable bonds is 5. The molecule has 0 bridgehead atoms. The summed E-state index contributed by atoms with van der Waals surface area (Å²) < 4.78 is 5.08. The third-order valence-electron chi connectivity index (χ3n) is 2.96. The van der Waals surface area contributed by atoms with Gasteiger partial charge in [-0.25, -0.2) is 0 Å².